The summed E-state index contributed by atoms with van der Waals surface area (Å²) in [5.41, 5.74) is 5.48. The van der Waals surface area contributed by atoms with Gasteiger partial charge in [-0.2, -0.15) is 0 Å². The van der Waals surface area contributed by atoms with Crippen LogP contribution in [0.5, 0.6) is 0 Å². The Bertz CT molecular complexity index is 414. The molecule has 2 rings (SSSR count). The fraction of sp³-hybridized carbons (Fsp3) is 0.167. The van der Waals surface area contributed by atoms with Crippen LogP contribution in [0, 0.1) is 6.92 Å². The van der Waals surface area contributed by atoms with Gasteiger partial charge in [0.15, 0.2) is 5.82 Å². The van der Waals surface area contributed by atoms with Crippen LogP contribution in [-0.4, -0.2) is 20.0 Å². The predicted octanol–water partition coefficient (Wildman–Crippen LogP) is 1.27. The first-order valence-corrected chi connectivity index (χ1v) is 4.67. The minimum absolute atomic E-state index is 0.300. The van der Waals surface area contributed by atoms with Gasteiger partial charge in [0.2, 0.25) is 5.13 Å². The molecule has 0 saturated carbocycles. The summed E-state index contributed by atoms with van der Waals surface area (Å²) >= 11 is 7.16. The molecule has 0 unspecified atom stereocenters. The molecule has 0 radical (unpaired) electrons. The Morgan fingerprint density at radius 2 is 2.31 bits per heavy atom. The molecule has 0 atom stereocenters. The van der Waals surface area contributed by atoms with Crippen molar-refractivity contribution >= 4 is 28.8 Å². The number of nitrogens with two attached hydrogens (primary N) is 1. The zero-order valence-electron chi connectivity index (χ0n) is 6.73. The number of aromatic nitrogens is 4. The molecule has 5 nitrogen and oxygen atoms in total. The minimum Gasteiger partial charge on any atom is -0.381 e. The van der Waals surface area contributed by atoms with Crippen molar-refractivity contribution in [1.29, 1.82) is 0 Å². The van der Waals surface area contributed by atoms with Gasteiger partial charge in [0, 0.05) is 0 Å². The molecule has 0 fully saturated rings. The summed E-state index contributed by atoms with van der Waals surface area (Å²) in [7, 11) is 0. The molecule has 0 saturated heterocycles. The van der Waals surface area contributed by atoms with Crippen LogP contribution >= 0.6 is 22.9 Å². The third-order valence-corrected chi connectivity index (χ3v) is 2.53. The fourth-order valence-electron chi connectivity index (χ4n) is 0.843. The highest BCUT2D eigenvalue weighted by Gasteiger charge is 2.07. The molecule has 0 aliphatic rings. The third-order valence-electron chi connectivity index (χ3n) is 1.41. The summed E-state index contributed by atoms with van der Waals surface area (Å²) in [6, 6.07) is 0. The summed E-state index contributed by atoms with van der Waals surface area (Å²) in [5.74, 6) is 0.300. The van der Waals surface area contributed by atoms with Crippen molar-refractivity contribution < 1.29 is 0 Å². The zero-order valence-corrected chi connectivity index (χ0v) is 8.30. The maximum Gasteiger partial charge on any atom is 0.232 e. The van der Waals surface area contributed by atoms with E-state index < -0.39 is 0 Å². The van der Waals surface area contributed by atoms with Crippen molar-refractivity contribution in [3.63, 3.8) is 0 Å². The molecule has 2 aromatic heterocycles. The van der Waals surface area contributed by atoms with Gasteiger partial charge in [-0.1, -0.05) is 22.9 Å². The van der Waals surface area contributed by atoms with Crippen LogP contribution < -0.4 is 5.73 Å². The van der Waals surface area contributed by atoms with E-state index in [-0.39, 0.29) is 0 Å². The molecule has 0 aliphatic carbocycles. The van der Waals surface area contributed by atoms with Crippen molar-refractivity contribution in [2.24, 2.45) is 0 Å². The van der Waals surface area contributed by atoms with Gasteiger partial charge in [-0.15, -0.1) is 15.3 Å². The Kier molecular flexibility index (Phi) is 1.93. The van der Waals surface area contributed by atoms with Crippen molar-refractivity contribution in [2.45, 2.75) is 6.92 Å². The lowest BCUT2D eigenvalue weighted by Crippen LogP contribution is -1.95. The Hall–Kier alpha value is -1.14. The normalized spacial score (nSPS) is 10.6. The topological polar surface area (TPSA) is 69.6 Å². The lowest BCUT2D eigenvalue weighted by Gasteiger charge is -1.89. The van der Waals surface area contributed by atoms with Gasteiger partial charge in [0.1, 0.15) is 10.0 Å². The summed E-state index contributed by atoms with van der Waals surface area (Å²) in [6.45, 7) is 1.87. The van der Waals surface area contributed by atoms with Crippen molar-refractivity contribution in [3.8, 4) is 5.13 Å². The molecule has 0 amide bonds. The monoisotopic (exact) mass is 215 g/mol. The number of rotatable bonds is 1. The maximum atomic E-state index is 5.73. The Morgan fingerprint density at radius 1 is 1.54 bits per heavy atom. The van der Waals surface area contributed by atoms with Crippen LogP contribution in [0.15, 0.2) is 6.20 Å². The van der Waals surface area contributed by atoms with Crippen LogP contribution in [-0.2, 0) is 0 Å². The molecule has 7 heteroatoms. The number of anilines is 1. The Labute approximate surface area is 83.2 Å². The molecule has 13 heavy (non-hydrogen) atoms. The van der Waals surface area contributed by atoms with Crippen LogP contribution in [0.3, 0.4) is 0 Å². The van der Waals surface area contributed by atoms with Crippen molar-refractivity contribution in [3.05, 3.63) is 16.2 Å². The quantitative estimate of drug-likeness (QED) is 0.778. The highest BCUT2D eigenvalue weighted by atomic mass is 35.5. The van der Waals surface area contributed by atoms with Crippen molar-refractivity contribution in [2.75, 3.05) is 5.73 Å². The van der Waals surface area contributed by atoms with E-state index in [2.05, 4.69) is 15.3 Å². The largest absolute Gasteiger partial charge is 0.381 e. The van der Waals surface area contributed by atoms with E-state index in [0.717, 1.165) is 5.01 Å². The van der Waals surface area contributed by atoms with E-state index in [1.807, 2.05) is 6.92 Å². The van der Waals surface area contributed by atoms with Gasteiger partial charge in [-0.05, 0) is 6.92 Å². The van der Waals surface area contributed by atoms with Gasteiger partial charge in [-0.25, -0.2) is 4.68 Å². The third kappa shape index (κ3) is 1.50. The highest BCUT2D eigenvalue weighted by molar-refractivity contribution is 7.13. The van der Waals surface area contributed by atoms with Gasteiger partial charge in [-0.3, -0.25) is 0 Å². The molecule has 0 aliphatic heterocycles. The van der Waals surface area contributed by atoms with Crippen LogP contribution in [0.1, 0.15) is 5.01 Å². The molecule has 0 aromatic carbocycles. The molecule has 2 heterocycles. The summed E-state index contributed by atoms with van der Waals surface area (Å²) in [5, 5.41) is 13.7. The second kappa shape index (κ2) is 2.97. The van der Waals surface area contributed by atoms with E-state index in [1.165, 1.54) is 16.0 Å². The zero-order chi connectivity index (χ0) is 9.42. The second-order valence-corrected chi connectivity index (χ2v) is 3.98. The van der Waals surface area contributed by atoms with Gasteiger partial charge >= 0.3 is 0 Å². The smallest absolute Gasteiger partial charge is 0.232 e. The molecular weight excluding hydrogens is 210 g/mol. The lowest BCUT2D eigenvalue weighted by molar-refractivity contribution is 0.848. The molecule has 2 aromatic rings. The number of halogens is 1. The first-order chi connectivity index (χ1) is 6.16. The van der Waals surface area contributed by atoms with Gasteiger partial charge < -0.3 is 5.73 Å². The van der Waals surface area contributed by atoms with E-state index in [4.69, 9.17) is 17.3 Å². The Balaban J connectivity index is 2.46. The predicted molar refractivity (Wildman–Crippen MR) is 51.2 cm³/mol. The second-order valence-electron chi connectivity index (χ2n) is 2.41. The average Bonchev–Trinajstić information content (AvgIpc) is 2.61. The van der Waals surface area contributed by atoms with Crippen LogP contribution in [0.25, 0.3) is 5.13 Å². The first-order valence-electron chi connectivity index (χ1n) is 3.48. The maximum absolute atomic E-state index is 5.73. The molecule has 68 valence electrons. The fourth-order valence-corrected chi connectivity index (χ4v) is 1.59. The molecule has 0 spiro atoms. The number of hydrogen-bond donors (Lipinski definition) is 1. The molecular formula is C6H6ClN5S. The SMILES string of the molecule is Cc1nnc(-n2cc(Cl)c(N)n2)s1. The first kappa shape index (κ1) is 8.46. The highest BCUT2D eigenvalue weighted by Crippen LogP contribution is 2.20. The van der Waals surface area contributed by atoms with Crippen molar-refractivity contribution in [1.82, 2.24) is 20.0 Å². The standard InChI is InChI=1S/C6H6ClN5S/c1-3-9-10-6(13-3)12-2-4(7)5(8)11-12/h2H,1H3,(H2,8,11). The summed E-state index contributed by atoms with van der Waals surface area (Å²) in [6.07, 6.45) is 1.61. The summed E-state index contributed by atoms with van der Waals surface area (Å²) in [4.78, 5) is 0. The number of nitrogens with zero attached hydrogens (tertiary/aromatic N) is 4. The van der Waals surface area contributed by atoms with E-state index in [9.17, 15) is 0 Å². The average molecular weight is 216 g/mol. The van der Waals surface area contributed by atoms with Crippen LogP contribution in [0.4, 0.5) is 5.82 Å². The van der Waals surface area contributed by atoms with E-state index in [1.54, 1.807) is 6.20 Å². The lowest BCUT2D eigenvalue weighted by atomic mass is 10.7. The molecule has 0 bridgehead atoms. The van der Waals surface area contributed by atoms with Crippen LogP contribution in [0.2, 0.25) is 5.02 Å². The van der Waals surface area contributed by atoms with E-state index >= 15 is 0 Å². The minimum atomic E-state index is 0.300. The Morgan fingerprint density at radius 3 is 2.77 bits per heavy atom. The summed E-state index contributed by atoms with van der Waals surface area (Å²) < 4.78 is 1.52. The number of nitrogen functional groups attached to an aromatic ring is 1. The molecule has 2 N–H and O–H groups in total. The van der Waals surface area contributed by atoms with E-state index in [0.29, 0.717) is 16.0 Å². The van der Waals surface area contributed by atoms with Gasteiger partial charge in [0.25, 0.3) is 0 Å². The number of hydrogen-bond acceptors (Lipinski definition) is 5. The van der Waals surface area contributed by atoms with Gasteiger partial charge in [0.05, 0.1) is 6.20 Å². The number of aryl methyl sites for hydroxylation is 1.